The highest BCUT2D eigenvalue weighted by Gasteiger charge is 2.43. The Morgan fingerprint density at radius 1 is 0.842 bits per heavy atom. The van der Waals surface area contributed by atoms with Crippen molar-refractivity contribution in [3.05, 3.63) is 107 Å². The average Bonchev–Trinajstić information content (AvgIpc) is 2.87. The molecular weight excluding hydrogens is 508 g/mol. The van der Waals surface area contributed by atoms with Crippen molar-refractivity contribution >= 4 is 5.91 Å². The van der Waals surface area contributed by atoms with Crippen LogP contribution in [-0.4, -0.2) is 27.8 Å². The predicted octanol–water partition coefficient (Wildman–Crippen LogP) is 7.43. The molecule has 4 aromatic rings. The van der Waals surface area contributed by atoms with E-state index in [0.717, 1.165) is 27.7 Å². The highest BCUT2D eigenvalue weighted by molar-refractivity contribution is 6.01. The van der Waals surface area contributed by atoms with Gasteiger partial charge >= 0.3 is 12.4 Å². The van der Waals surface area contributed by atoms with Crippen LogP contribution >= 0.6 is 0 Å². The first-order valence-corrected chi connectivity index (χ1v) is 11.4. The van der Waals surface area contributed by atoms with E-state index < -0.39 is 29.4 Å². The largest absolute Gasteiger partial charge is 0.417 e. The van der Waals surface area contributed by atoms with Crippen LogP contribution in [0.15, 0.2) is 79.3 Å². The Bertz CT molecular complexity index is 1470. The first kappa shape index (κ1) is 26.8. The van der Waals surface area contributed by atoms with Crippen LogP contribution in [0.1, 0.15) is 32.6 Å². The third kappa shape index (κ3) is 5.69. The van der Waals surface area contributed by atoms with E-state index >= 15 is 0 Å². The van der Waals surface area contributed by atoms with Crippen LogP contribution in [0.4, 0.5) is 26.3 Å². The van der Waals surface area contributed by atoms with Gasteiger partial charge in [0.1, 0.15) is 0 Å². The van der Waals surface area contributed by atoms with Crippen LogP contribution in [0, 0.1) is 6.92 Å². The molecule has 0 bridgehead atoms. The lowest BCUT2D eigenvalue weighted by molar-refractivity contribution is -0.162. The van der Waals surface area contributed by atoms with E-state index in [1.165, 1.54) is 13.2 Å². The Kier molecular flexibility index (Phi) is 7.26. The Hall–Kier alpha value is -4.21. The molecule has 0 aliphatic rings. The highest BCUT2D eigenvalue weighted by Crippen LogP contribution is 2.41. The molecule has 196 valence electrons. The highest BCUT2D eigenvalue weighted by atomic mass is 19.4. The zero-order valence-corrected chi connectivity index (χ0v) is 20.2. The SMILES string of the molecule is Cc1ccccc1-c1cc(-c2ccncc2)ncc1C(=O)N(C)Cc1ccc(C(F)(F)F)c(C(F)(F)F)c1. The second-order valence-corrected chi connectivity index (χ2v) is 8.70. The lowest BCUT2D eigenvalue weighted by Crippen LogP contribution is -2.27. The number of hydrogen-bond donors (Lipinski definition) is 0. The summed E-state index contributed by atoms with van der Waals surface area (Å²) in [6.45, 7) is 1.53. The van der Waals surface area contributed by atoms with Gasteiger partial charge in [-0.05, 0) is 59.5 Å². The van der Waals surface area contributed by atoms with Gasteiger partial charge in [-0.2, -0.15) is 26.3 Å². The van der Waals surface area contributed by atoms with E-state index in [0.29, 0.717) is 23.4 Å². The predicted molar refractivity (Wildman–Crippen MR) is 130 cm³/mol. The zero-order valence-electron chi connectivity index (χ0n) is 20.2. The molecule has 0 aliphatic heterocycles. The molecule has 0 radical (unpaired) electrons. The molecule has 0 N–H and O–H groups in total. The van der Waals surface area contributed by atoms with E-state index in [1.807, 2.05) is 31.2 Å². The number of rotatable bonds is 5. The van der Waals surface area contributed by atoms with Gasteiger partial charge in [0.25, 0.3) is 5.91 Å². The summed E-state index contributed by atoms with van der Waals surface area (Å²) in [6.07, 6.45) is -5.78. The second kappa shape index (κ2) is 10.3. The summed E-state index contributed by atoms with van der Waals surface area (Å²) < 4.78 is 79.6. The lowest BCUT2D eigenvalue weighted by Gasteiger charge is -2.22. The number of amides is 1. The molecule has 10 heteroatoms. The molecule has 0 atom stereocenters. The maximum atomic E-state index is 13.5. The van der Waals surface area contributed by atoms with Crippen molar-refractivity contribution in [2.75, 3.05) is 7.05 Å². The number of aromatic nitrogens is 2. The van der Waals surface area contributed by atoms with Gasteiger partial charge in [-0.3, -0.25) is 14.8 Å². The molecule has 0 aliphatic carbocycles. The second-order valence-electron chi connectivity index (χ2n) is 8.70. The summed E-state index contributed by atoms with van der Waals surface area (Å²) in [5.41, 5.74) is 0.0824. The quantitative estimate of drug-likeness (QED) is 0.253. The molecule has 2 aromatic heterocycles. The van der Waals surface area contributed by atoms with Crippen LogP contribution in [0.2, 0.25) is 0 Å². The van der Waals surface area contributed by atoms with Crippen LogP contribution in [0.25, 0.3) is 22.4 Å². The Labute approximate surface area is 214 Å². The van der Waals surface area contributed by atoms with Crippen LogP contribution in [-0.2, 0) is 18.9 Å². The molecule has 0 spiro atoms. The molecular formula is C28H21F6N3O. The van der Waals surface area contributed by atoms with Gasteiger partial charge in [0, 0.05) is 37.7 Å². The van der Waals surface area contributed by atoms with Crippen molar-refractivity contribution in [1.29, 1.82) is 0 Å². The summed E-state index contributed by atoms with van der Waals surface area (Å²) in [7, 11) is 1.37. The number of benzene rings is 2. The fraction of sp³-hybridized carbons (Fsp3) is 0.179. The van der Waals surface area contributed by atoms with Crippen molar-refractivity contribution in [2.24, 2.45) is 0 Å². The molecule has 1 amide bonds. The number of pyridine rings is 2. The number of carbonyl (C=O) groups excluding carboxylic acids is 1. The number of aryl methyl sites for hydroxylation is 1. The topological polar surface area (TPSA) is 46.1 Å². The fourth-order valence-electron chi connectivity index (χ4n) is 4.13. The third-order valence-electron chi connectivity index (χ3n) is 6.01. The van der Waals surface area contributed by atoms with Crippen molar-refractivity contribution in [2.45, 2.75) is 25.8 Å². The minimum absolute atomic E-state index is 0.0972. The number of carbonyl (C=O) groups is 1. The summed E-state index contributed by atoms with van der Waals surface area (Å²) in [5, 5.41) is 0. The summed E-state index contributed by atoms with van der Waals surface area (Å²) >= 11 is 0. The van der Waals surface area contributed by atoms with Crippen molar-refractivity contribution < 1.29 is 31.1 Å². The van der Waals surface area contributed by atoms with Gasteiger partial charge in [-0.25, -0.2) is 0 Å². The molecule has 0 saturated heterocycles. The molecule has 0 saturated carbocycles. The first-order chi connectivity index (χ1) is 17.9. The van der Waals surface area contributed by atoms with Crippen molar-refractivity contribution in [3.63, 3.8) is 0 Å². The smallest absolute Gasteiger partial charge is 0.337 e. The van der Waals surface area contributed by atoms with Crippen molar-refractivity contribution in [3.8, 4) is 22.4 Å². The minimum Gasteiger partial charge on any atom is -0.337 e. The maximum absolute atomic E-state index is 13.5. The average molecular weight is 529 g/mol. The van der Waals surface area contributed by atoms with Crippen LogP contribution < -0.4 is 0 Å². The monoisotopic (exact) mass is 529 g/mol. The Balaban J connectivity index is 1.72. The van der Waals surface area contributed by atoms with Crippen LogP contribution in [0.3, 0.4) is 0 Å². The molecule has 4 rings (SSSR count). The lowest BCUT2D eigenvalue weighted by atomic mass is 9.95. The Morgan fingerprint density at radius 2 is 1.50 bits per heavy atom. The van der Waals surface area contributed by atoms with Crippen LogP contribution in [0.5, 0.6) is 0 Å². The summed E-state index contributed by atoms with van der Waals surface area (Å²) in [5.74, 6) is -0.550. The minimum atomic E-state index is -5.21. The van der Waals surface area contributed by atoms with Gasteiger partial charge in [-0.15, -0.1) is 0 Å². The van der Waals surface area contributed by atoms with E-state index in [1.54, 1.807) is 30.6 Å². The van der Waals surface area contributed by atoms with Gasteiger partial charge < -0.3 is 4.90 Å². The van der Waals surface area contributed by atoms with E-state index in [9.17, 15) is 31.1 Å². The molecule has 4 nitrogen and oxygen atoms in total. The maximum Gasteiger partial charge on any atom is 0.417 e. The van der Waals surface area contributed by atoms with E-state index in [-0.39, 0.29) is 17.7 Å². The zero-order chi connectivity index (χ0) is 27.7. The van der Waals surface area contributed by atoms with E-state index in [2.05, 4.69) is 9.97 Å². The normalized spacial score (nSPS) is 11.9. The van der Waals surface area contributed by atoms with Gasteiger partial charge in [0.05, 0.1) is 22.4 Å². The molecule has 2 aromatic carbocycles. The number of alkyl halides is 6. The summed E-state index contributed by atoms with van der Waals surface area (Å²) in [6, 6.07) is 14.4. The van der Waals surface area contributed by atoms with Crippen molar-refractivity contribution in [1.82, 2.24) is 14.9 Å². The van der Waals surface area contributed by atoms with Gasteiger partial charge in [0.15, 0.2) is 0 Å². The number of halogens is 6. The number of hydrogen-bond acceptors (Lipinski definition) is 3. The van der Waals surface area contributed by atoms with Gasteiger partial charge in [-0.1, -0.05) is 30.3 Å². The standard InChI is InChI=1S/C28H21F6N3O/c1-17-5-3-4-6-20(17)21-14-25(19-9-11-35-12-10-19)36-15-22(21)26(38)37(2)16-18-7-8-23(27(29,30)31)24(13-18)28(32,33)34/h3-15H,16H2,1-2H3. The molecule has 38 heavy (non-hydrogen) atoms. The molecule has 0 unspecified atom stereocenters. The molecule has 0 fully saturated rings. The Morgan fingerprint density at radius 3 is 2.13 bits per heavy atom. The first-order valence-electron chi connectivity index (χ1n) is 11.4. The third-order valence-corrected chi connectivity index (χ3v) is 6.01. The molecule has 2 heterocycles. The summed E-state index contributed by atoms with van der Waals surface area (Å²) in [4.78, 5) is 23.0. The number of nitrogens with zero attached hydrogens (tertiary/aromatic N) is 3. The van der Waals surface area contributed by atoms with E-state index in [4.69, 9.17) is 0 Å². The van der Waals surface area contributed by atoms with Gasteiger partial charge in [0.2, 0.25) is 0 Å². The fourth-order valence-corrected chi connectivity index (χ4v) is 4.13.